The first kappa shape index (κ1) is 21.1. The summed E-state index contributed by atoms with van der Waals surface area (Å²) in [5.41, 5.74) is 0.850. The molecular formula is C18H19N3O6S. The Morgan fingerprint density at radius 2 is 1.64 bits per heavy atom. The Kier molecular flexibility index (Phi) is 6.85. The summed E-state index contributed by atoms with van der Waals surface area (Å²) in [6.45, 7) is 1.82. The maximum Gasteiger partial charge on any atom is 0.340 e. The first-order valence-electron chi connectivity index (χ1n) is 8.19. The molecule has 0 saturated carbocycles. The Bertz CT molecular complexity index is 987. The highest BCUT2D eigenvalue weighted by atomic mass is 32.2. The van der Waals surface area contributed by atoms with Crippen molar-refractivity contribution in [1.29, 1.82) is 0 Å². The molecule has 0 bridgehead atoms. The normalized spacial score (nSPS) is 10.8. The smallest absolute Gasteiger partial charge is 0.340 e. The molecule has 0 aliphatic heterocycles. The van der Waals surface area contributed by atoms with Crippen LogP contribution in [0, 0.1) is 0 Å². The SMILES string of the molecule is CCOC(=O)c1ccccc1NC(=O)C(=O)NCc1ccc(S(N)(=O)=O)cc1. The zero-order valence-corrected chi connectivity index (χ0v) is 15.8. The van der Waals surface area contributed by atoms with Crippen molar-refractivity contribution in [2.75, 3.05) is 11.9 Å². The molecule has 148 valence electrons. The first-order valence-corrected chi connectivity index (χ1v) is 9.74. The van der Waals surface area contributed by atoms with Crippen LogP contribution in [0.25, 0.3) is 0 Å². The minimum atomic E-state index is -3.80. The molecule has 0 aliphatic carbocycles. The van der Waals surface area contributed by atoms with E-state index < -0.39 is 27.8 Å². The van der Waals surface area contributed by atoms with Gasteiger partial charge >= 0.3 is 17.8 Å². The molecule has 9 nitrogen and oxygen atoms in total. The summed E-state index contributed by atoms with van der Waals surface area (Å²) in [4.78, 5) is 35.9. The van der Waals surface area contributed by atoms with E-state index in [0.29, 0.717) is 5.56 Å². The van der Waals surface area contributed by atoms with E-state index in [4.69, 9.17) is 9.88 Å². The minimum Gasteiger partial charge on any atom is -0.462 e. The summed E-state index contributed by atoms with van der Waals surface area (Å²) in [5.74, 6) is -2.50. The number of esters is 1. The van der Waals surface area contributed by atoms with E-state index in [1.807, 2.05) is 0 Å². The highest BCUT2D eigenvalue weighted by Gasteiger charge is 2.18. The lowest BCUT2D eigenvalue weighted by atomic mass is 10.2. The number of nitrogens with one attached hydrogen (secondary N) is 2. The highest BCUT2D eigenvalue weighted by molar-refractivity contribution is 7.89. The number of carbonyl (C=O) groups excluding carboxylic acids is 3. The molecule has 0 saturated heterocycles. The Balaban J connectivity index is 1.99. The second kappa shape index (κ2) is 9.11. The van der Waals surface area contributed by atoms with Crippen LogP contribution in [0.5, 0.6) is 0 Å². The zero-order valence-electron chi connectivity index (χ0n) is 15.0. The fourth-order valence-corrected chi connectivity index (χ4v) is 2.73. The van der Waals surface area contributed by atoms with E-state index >= 15 is 0 Å². The fraction of sp³-hybridized carbons (Fsp3) is 0.167. The van der Waals surface area contributed by atoms with Crippen molar-refractivity contribution >= 4 is 33.5 Å². The number of ether oxygens (including phenoxy) is 1. The minimum absolute atomic E-state index is 0.00330. The van der Waals surface area contributed by atoms with Crippen LogP contribution in [0.2, 0.25) is 0 Å². The average molecular weight is 405 g/mol. The Morgan fingerprint density at radius 3 is 2.25 bits per heavy atom. The molecule has 0 heterocycles. The zero-order chi connectivity index (χ0) is 20.7. The van der Waals surface area contributed by atoms with E-state index in [-0.39, 0.29) is 29.3 Å². The van der Waals surface area contributed by atoms with Gasteiger partial charge in [-0.15, -0.1) is 0 Å². The number of amides is 2. The summed E-state index contributed by atoms with van der Waals surface area (Å²) >= 11 is 0. The van der Waals surface area contributed by atoms with E-state index in [1.54, 1.807) is 19.1 Å². The van der Waals surface area contributed by atoms with Gasteiger partial charge in [-0.1, -0.05) is 24.3 Å². The lowest BCUT2D eigenvalue weighted by molar-refractivity contribution is -0.136. The lowest BCUT2D eigenvalue weighted by Gasteiger charge is -2.10. The number of para-hydroxylation sites is 1. The molecule has 2 aromatic carbocycles. The maximum atomic E-state index is 12.1. The van der Waals surface area contributed by atoms with Gasteiger partial charge in [-0.25, -0.2) is 18.4 Å². The molecule has 2 aromatic rings. The molecule has 0 radical (unpaired) electrons. The van der Waals surface area contributed by atoms with Crippen LogP contribution in [0.4, 0.5) is 5.69 Å². The molecule has 0 aliphatic rings. The van der Waals surface area contributed by atoms with Crippen LogP contribution >= 0.6 is 0 Å². The third kappa shape index (κ3) is 5.63. The second-order valence-electron chi connectivity index (χ2n) is 5.59. The number of carbonyl (C=O) groups is 3. The maximum absolute atomic E-state index is 12.1. The highest BCUT2D eigenvalue weighted by Crippen LogP contribution is 2.16. The van der Waals surface area contributed by atoms with Crippen molar-refractivity contribution in [2.45, 2.75) is 18.4 Å². The number of sulfonamides is 1. The number of nitrogens with two attached hydrogens (primary N) is 1. The summed E-state index contributed by atoms with van der Waals surface area (Å²) < 4.78 is 27.3. The molecule has 0 atom stereocenters. The van der Waals surface area contributed by atoms with E-state index in [0.717, 1.165) is 0 Å². The van der Waals surface area contributed by atoms with Gasteiger partial charge in [0.25, 0.3) is 0 Å². The number of anilines is 1. The summed E-state index contributed by atoms with van der Waals surface area (Å²) in [5, 5.41) is 9.78. The van der Waals surface area contributed by atoms with Crippen molar-refractivity contribution < 1.29 is 27.5 Å². The Hall–Kier alpha value is -3.24. The predicted octanol–water partition coefficient (Wildman–Crippen LogP) is 0.766. The monoisotopic (exact) mass is 405 g/mol. The lowest BCUT2D eigenvalue weighted by Crippen LogP contribution is -2.35. The van der Waals surface area contributed by atoms with Crippen LogP contribution < -0.4 is 15.8 Å². The van der Waals surface area contributed by atoms with Crippen molar-refractivity contribution in [1.82, 2.24) is 5.32 Å². The molecule has 0 fully saturated rings. The number of primary sulfonamides is 1. The number of benzene rings is 2. The summed E-state index contributed by atoms with van der Waals surface area (Å²) in [6, 6.07) is 11.7. The average Bonchev–Trinajstić information content (AvgIpc) is 2.66. The molecule has 0 unspecified atom stereocenters. The number of hydrogen-bond acceptors (Lipinski definition) is 6. The van der Waals surface area contributed by atoms with Crippen molar-refractivity contribution in [3.8, 4) is 0 Å². The standard InChI is InChI=1S/C18H19N3O6S/c1-2-27-18(24)14-5-3-4-6-15(14)21-17(23)16(22)20-11-12-7-9-13(10-8-12)28(19,25)26/h3-10H,2,11H2,1H3,(H,20,22)(H,21,23)(H2,19,25,26). The van der Waals surface area contributed by atoms with Crippen molar-refractivity contribution in [3.05, 3.63) is 59.7 Å². The van der Waals surface area contributed by atoms with Crippen molar-refractivity contribution in [2.24, 2.45) is 5.14 Å². The number of rotatable bonds is 6. The largest absolute Gasteiger partial charge is 0.462 e. The van der Waals surface area contributed by atoms with Crippen LogP contribution in [-0.2, 0) is 30.9 Å². The first-order chi connectivity index (χ1) is 13.2. The van der Waals surface area contributed by atoms with Crippen LogP contribution in [-0.4, -0.2) is 32.8 Å². The van der Waals surface area contributed by atoms with Crippen molar-refractivity contribution in [3.63, 3.8) is 0 Å². The molecule has 28 heavy (non-hydrogen) atoms. The summed E-state index contributed by atoms with van der Waals surface area (Å²) in [6.07, 6.45) is 0. The molecule has 4 N–H and O–H groups in total. The fourth-order valence-electron chi connectivity index (χ4n) is 2.22. The second-order valence-corrected chi connectivity index (χ2v) is 7.15. The molecule has 2 rings (SSSR count). The van der Waals surface area contributed by atoms with Gasteiger partial charge in [-0.3, -0.25) is 9.59 Å². The van der Waals surface area contributed by atoms with Crippen LogP contribution in [0.15, 0.2) is 53.4 Å². The van der Waals surface area contributed by atoms with Gasteiger partial charge in [-0.2, -0.15) is 0 Å². The van der Waals surface area contributed by atoms with Gasteiger partial charge in [0.1, 0.15) is 0 Å². The Morgan fingerprint density at radius 1 is 1.00 bits per heavy atom. The summed E-state index contributed by atoms with van der Waals surface area (Å²) in [7, 11) is -3.80. The third-order valence-electron chi connectivity index (χ3n) is 3.58. The van der Waals surface area contributed by atoms with Gasteiger partial charge in [0.05, 0.1) is 22.8 Å². The quantitative estimate of drug-likeness (QED) is 0.478. The van der Waals surface area contributed by atoms with E-state index in [1.165, 1.54) is 36.4 Å². The van der Waals surface area contributed by atoms with E-state index in [2.05, 4.69) is 10.6 Å². The van der Waals surface area contributed by atoms with Gasteiger partial charge < -0.3 is 15.4 Å². The third-order valence-corrected chi connectivity index (χ3v) is 4.51. The van der Waals surface area contributed by atoms with Gasteiger partial charge in [0.15, 0.2) is 0 Å². The van der Waals surface area contributed by atoms with Crippen LogP contribution in [0.3, 0.4) is 0 Å². The van der Waals surface area contributed by atoms with Crippen LogP contribution in [0.1, 0.15) is 22.8 Å². The molecule has 2 amide bonds. The predicted molar refractivity (Wildman–Crippen MR) is 101 cm³/mol. The molecule has 10 heteroatoms. The molecule has 0 spiro atoms. The van der Waals surface area contributed by atoms with Gasteiger partial charge in [0.2, 0.25) is 10.0 Å². The molecular weight excluding hydrogens is 386 g/mol. The van der Waals surface area contributed by atoms with Gasteiger partial charge in [0, 0.05) is 6.54 Å². The van der Waals surface area contributed by atoms with Gasteiger partial charge in [-0.05, 0) is 36.8 Å². The molecule has 0 aromatic heterocycles. The number of hydrogen-bond donors (Lipinski definition) is 3. The Labute approximate surface area is 161 Å². The van der Waals surface area contributed by atoms with E-state index in [9.17, 15) is 22.8 Å². The topological polar surface area (TPSA) is 145 Å².